The Morgan fingerprint density at radius 2 is 2.00 bits per heavy atom. The number of benzene rings is 1. The third-order valence-corrected chi connectivity index (χ3v) is 4.18. The van der Waals surface area contributed by atoms with Crippen molar-refractivity contribution in [3.05, 3.63) is 34.1 Å². The maximum absolute atomic E-state index is 13.3. The van der Waals surface area contributed by atoms with Gasteiger partial charge in [-0.1, -0.05) is 12.1 Å². The van der Waals surface area contributed by atoms with E-state index < -0.39 is 5.60 Å². The Kier molecular flexibility index (Phi) is 3.64. The second-order valence-corrected chi connectivity index (χ2v) is 5.45. The van der Waals surface area contributed by atoms with E-state index in [1.807, 2.05) is 0 Å². The molecule has 0 aliphatic heterocycles. The summed E-state index contributed by atoms with van der Waals surface area (Å²) in [5.74, 6) is -0.119. The van der Waals surface area contributed by atoms with Gasteiger partial charge in [-0.3, -0.25) is 4.79 Å². The Hall–Kier alpha value is -0.740. The van der Waals surface area contributed by atoms with Crippen LogP contribution in [0.4, 0.5) is 4.39 Å². The standard InChI is InChI=1S/C13H14BrFO2/c14-12-9(2-1-3-11(12)15)8-13(17)6-4-10(16)5-7-13/h1-3,17H,4-8H2. The van der Waals surface area contributed by atoms with E-state index in [2.05, 4.69) is 15.9 Å². The predicted octanol–water partition coefficient (Wildman–Crippen LogP) is 3.00. The van der Waals surface area contributed by atoms with Crippen molar-refractivity contribution in [2.75, 3.05) is 0 Å². The van der Waals surface area contributed by atoms with E-state index >= 15 is 0 Å². The summed E-state index contributed by atoms with van der Waals surface area (Å²) >= 11 is 3.19. The molecule has 2 rings (SSSR count). The number of carbonyl (C=O) groups excluding carboxylic acids is 1. The van der Waals surface area contributed by atoms with Crippen molar-refractivity contribution >= 4 is 21.7 Å². The van der Waals surface area contributed by atoms with Crippen LogP contribution in [0.2, 0.25) is 0 Å². The molecule has 1 aliphatic carbocycles. The molecule has 0 atom stereocenters. The Morgan fingerprint density at radius 3 is 2.65 bits per heavy atom. The van der Waals surface area contributed by atoms with Crippen molar-refractivity contribution in [3.8, 4) is 0 Å². The Morgan fingerprint density at radius 1 is 1.35 bits per heavy atom. The highest BCUT2D eigenvalue weighted by Crippen LogP contribution is 2.32. The number of aliphatic hydroxyl groups is 1. The van der Waals surface area contributed by atoms with E-state index in [9.17, 15) is 14.3 Å². The van der Waals surface area contributed by atoms with E-state index in [1.54, 1.807) is 12.1 Å². The van der Waals surface area contributed by atoms with Crippen LogP contribution in [0.25, 0.3) is 0 Å². The molecule has 1 saturated carbocycles. The molecule has 1 fully saturated rings. The van der Waals surface area contributed by atoms with Gasteiger partial charge in [0, 0.05) is 19.3 Å². The summed E-state index contributed by atoms with van der Waals surface area (Å²) in [6, 6.07) is 4.80. The van der Waals surface area contributed by atoms with Gasteiger partial charge < -0.3 is 5.11 Å². The molecule has 0 aromatic heterocycles. The molecule has 1 aliphatic rings. The van der Waals surface area contributed by atoms with Crippen LogP contribution in [0.5, 0.6) is 0 Å². The first-order chi connectivity index (χ1) is 8.00. The van der Waals surface area contributed by atoms with E-state index in [-0.39, 0.29) is 11.6 Å². The molecule has 0 amide bonds. The Balaban J connectivity index is 2.15. The summed E-state index contributed by atoms with van der Waals surface area (Å²) in [5, 5.41) is 10.4. The van der Waals surface area contributed by atoms with Crippen LogP contribution in [0.15, 0.2) is 22.7 Å². The molecule has 1 aromatic carbocycles. The molecule has 0 unspecified atom stereocenters. The largest absolute Gasteiger partial charge is 0.390 e. The van der Waals surface area contributed by atoms with Crippen molar-refractivity contribution in [1.82, 2.24) is 0 Å². The van der Waals surface area contributed by atoms with Crippen LogP contribution in [0, 0.1) is 5.82 Å². The molecule has 0 spiro atoms. The van der Waals surface area contributed by atoms with Crippen molar-refractivity contribution in [3.63, 3.8) is 0 Å². The number of carbonyl (C=O) groups is 1. The van der Waals surface area contributed by atoms with Crippen LogP contribution in [0.3, 0.4) is 0 Å². The predicted molar refractivity (Wildman–Crippen MR) is 66.2 cm³/mol. The highest BCUT2D eigenvalue weighted by molar-refractivity contribution is 9.10. The molecule has 17 heavy (non-hydrogen) atoms. The molecule has 92 valence electrons. The quantitative estimate of drug-likeness (QED) is 0.912. The van der Waals surface area contributed by atoms with Gasteiger partial charge >= 0.3 is 0 Å². The smallest absolute Gasteiger partial charge is 0.137 e. The normalized spacial score (nSPS) is 19.4. The summed E-state index contributed by atoms with van der Waals surface area (Å²) < 4.78 is 13.7. The third kappa shape index (κ3) is 2.93. The zero-order chi connectivity index (χ0) is 12.5. The lowest BCUT2D eigenvalue weighted by Crippen LogP contribution is -2.36. The number of hydrogen-bond donors (Lipinski definition) is 1. The van der Waals surface area contributed by atoms with Gasteiger partial charge in [-0.2, -0.15) is 0 Å². The van der Waals surface area contributed by atoms with E-state index in [0.717, 1.165) is 5.56 Å². The first-order valence-corrected chi connectivity index (χ1v) is 6.46. The van der Waals surface area contributed by atoms with Gasteiger partial charge in [0.25, 0.3) is 0 Å². The van der Waals surface area contributed by atoms with Gasteiger partial charge in [-0.15, -0.1) is 0 Å². The average Bonchev–Trinajstić information content (AvgIpc) is 2.30. The van der Waals surface area contributed by atoms with Gasteiger partial charge in [-0.05, 0) is 40.4 Å². The lowest BCUT2D eigenvalue weighted by molar-refractivity contribution is -0.125. The van der Waals surface area contributed by atoms with E-state index in [4.69, 9.17) is 0 Å². The minimum Gasteiger partial charge on any atom is -0.390 e. The van der Waals surface area contributed by atoms with Crippen LogP contribution < -0.4 is 0 Å². The second-order valence-electron chi connectivity index (χ2n) is 4.65. The molecule has 4 heteroatoms. The minimum absolute atomic E-state index is 0.202. The average molecular weight is 301 g/mol. The summed E-state index contributed by atoms with van der Waals surface area (Å²) in [4.78, 5) is 11.1. The number of hydrogen-bond acceptors (Lipinski definition) is 2. The molecular weight excluding hydrogens is 287 g/mol. The summed E-state index contributed by atoms with van der Waals surface area (Å²) in [6.45, 7) is 0. The highest BCUT2D eigenvalue weighted by Gasteiger charge is 2.33. The molecule has 0 radical (unpaired) electrons. The summed E-state index contributed by atoms with van der Waals surface area (Å²) in [7, 11) is 0. The molecule has 0 saturated heterocycles. The van der Waals surface area contributed by atoms with Crippen molar-refractivity contribution in [2.24, 2.45) is 0 Å². The second kappa shape index (κ2) is 4.86. The zero-order valence-corrected chi connectivity index (χ0v) is 11.0. The van der Waals surface area contributed by atoms with Gasteiger partial charge in [-0.25, -0.2) is 4.39 Å². The van der Waals surface area contributed by atoms with Crippen LogP contribution >= 0.6 is 15.9 Å². The number of halogens is 2. The molecule has 2 nitrogen and oxygen atoms in total. The van der Waals surface area contributed by atoms with E-state index in [1.165, 1.54) is 6.07 Å². The minimum atomic E-state index is -0.871. The number of Topliss-reactive ketones (excluding diaryl/α,β-unsaturated/α-hetero) is 1. The van der Waals surface area contributed by atoms with Crippen molar-refractivity contribution in [1.29, 1.82) is 0 Å². The van der Waals surface area contributed by atoms with Crippen LogP contribution in [0.1, 0.15) is 31.2 Å². The molecule has 1 N–H and O–H groups in total. The lowest BCUT2D eigenvalue weighted by Gasteiger charge is -2.31. The van der Waals surface area contributed by atoms with Gasteiger partial charge in [0.15, 0.2) is 0 Å². The van der Waals surface area contributed by atoms with Crippen molar-refractivity contribution in [2.45, 2.75) is 37.7 Å². The van der Waals surface area contributed by atoms with Crippen LogP contribution in [-0.4, -0.2) is 16.5 Å². The van der Waals surface area contributed by atoms with Gasteiger partial charge in [0.05, 0.1) is 10.1 Å². The van der Waals surface area contributed by atoms with Gasteiger partial charge in [0.2, 0.25) is 0 Å². The zero-order valence-electron chi connectivity index (χ0n) is 9.38. The Bertz CT molecular complexity index is 435. The monoisotopic (exact) mass is 300 g/mol. The first kappa shape index (κ1) is 12.7. The summed E-state index contributed by atoms with van der Waals surface area (Å²) in [5.41, 5.74) is -0.119. The molecule has 0 heterocycles. The summed E-state index contributed by atoms with van der Waals surface area (Å²) in [6.07, 6.45) is 2.16. The van der Waals surface area contributed by atoms with Gasteiger partial charge in [0.1, 0.15) is 11.6 Å². The van der Waals surface area contributed by atoms with Crippen LogP contribution in [-0.2, 0) is 11.2 Å². The fourth-order valence-corrected chi connectivity index (χ4v) is 2.61. The molecule has 0 bridgehead atoms. The molecule has 1 aromatic rings. The topological polar surface area (TPSA) is 37.3 Å². The first-order valence-electron chi connectivity index (χ1n) is 5.67. The highest BCUT2D eigenvalue weighted by atomic mass is 79.9. The molecular formula is C13H14BrFO2. The third-order valence-electron chi connectivity index (χ3n) is 3.29. The lowest BCUT2D eigenvalue weighted by atomic mass is 9.80. The fraction of sp³-hybridized carbons (Fsp3) is 0.462. The number of rotatable bonds is 2. The van der Waals surface area contributed by atoms with E-state index in [0.29, 0.717) is 36.6 Å². The SMILES string of the molecule is O=C1CCC(O)(Cc2cccc(F)c2Br)CC1. The maximum atomic E-state index is 13.3. The fourth-order valence-electron chi connectivity index (χ4n) is 2.21. The number of ketones is 1. The van der Waals surface area contributed by atoms with Crippen molar-refractivity contribution < 1.29 is 14.3 Å². The maximum Gasteiger partial charge on any atom is 0.137 e. The Labute approximate surface area is 108 Å².